The molecule has 2 aromatic heterocycles. The molecule has 0 atom stereocenters. The zero-order valence-electron chi connectivity index (χ0n) is 9.47. The molecule has 0 aliphatic carbocycles. The SMILES string of the molecule is Fc1ccc2c(c1)c1ccccc1n1nccc21. The lowest BCUT2D eigenvalue weighted by Crippen LogP contribution is -1.92. The number of nitrogens with zero attached hydrogens (tertiary/aromatic N) is 2. The molecule has 2 aromatic carbocycles. The number of pyridine rings is 1. The highest BCUT2D eigenvalue weighted by molar-refractivity contribution is 6.12. The third-order valence-electron chi connectivity index (χ3n) is 3.32. The molecule has 0 radical (unpaired) electrons. The van der Waals surface area contributed by atoms with Gasteiger partial charge in [0.2, 0.25) is 0 Å². The third-order valence-corrected chi connectivity index (χ3v) is 3.32. The Morgan fingerprint density at radius 2 is 1.61 bits per heavy atom. The van der Waals surface area contributed by atoms with Crippen LogP contribution < -0.4 is 0 Å². The van der Waals surface area contributed by atoms with E-state index in [9.17, 15) is 4.39 Å². The number of para-hydroxylation sites is 1. The molecule has 2 nitrogen and oxygen atoms in total. The molecule has 0 fully saturated rings. The van der Waals surface area contributed by atoms with E-state index in [2.05, 4.69) is 5.10 Å². The first-order valence-corrected chi connectivity index (χ1v) is 5.78. The van der Waals surface area contributed by atoms with Gasteiger partial charge >= 0.3 is 0 Å². The number of hydrogen-bond acceptors (Lipinski definition) is 1. The van der Waals surface area contributed by atoms with E-state index in [1.165, 1.54) is 6.07 Å². The Labute approximate surface area is 102 Å². The van der Waals surface area contributed by atoms with Crippen molar-refractivity contribution in [1.82, 2.24) is 9.61 Å². The minimum Gasteiger partial charge on any atom is -0.232 e. The molecule has 18 heavy (non-hydrogen) atoms. The lowest BCUT2D eigenvalue weighted by Gasteiger charge is -2.07. The summed E-state index contributed by atoms with van der Waals surface area (Å²) in [6.45, 7) is 0. The molecule has 0 aliphatic heterocycles. The Balaban J connectivity index is 2.44. The highest BCUT2D eigenvalue weighted by atomic mass is 19.1. The zero-order valence-corrected chi connectivity index (χ0v) is 9.47. The number of fused-ring (bicyclic) bond motifs is 6. The molecule has 0 spiro atoms. The molecule has 2 heterocycles. The molecule has 0 N–H and O–H groups in total. The van der Waals surface area contributed by atoms with E-state index < -0.39 is 0 Å². The van der Waals surface area contributed by atoms with Gasteiger partial charge in [-0.2, -0.15) is 5.10 Å². The van der Waals surface area contributed by atoms with Crippen molar-refractivity contribution < 1.29 is 4.39 Å². The standard InChI is InChI=1S/C15H9FN2/c16-10-5-6-12-13(9-10)11-3-1-2-4-14(11)18-15(12)7-8-17-18/h1-9H. The first-order chi connectivity index (χ1) is 8.84. The number of halogens is 1. The Morgan fingerprint density at radius 3 is 2.56 bits per heavy atom. The molecular weight excluding hydrogens is 227 g/mol. The maximum absolute atomic E-state index is 13.5. The summed E-state index contributed by atoms with van der Waals surface area (Å²) in [4.78, 5) is 0. The topological polar surface area (TPSA) is 17.3 Å². The molecule has 0 bridgehead atoms. The molecule has 4 rings (SSSR count). The van der Waals surface area contributed by atoms with Crippen LogP contribution in [0.2, 0.25) is 0 Å². The second-order valence-corrected chi connectivity index (χ2v) is 4.34. The minimum atomic E-state index is -0.212. The quantitative estimate of drug-likeness (QED) is 0.425. The fourth-order valence-corrected chi connectivity index (χ4v) is 2.55. The third kappa shape index (κ3) is 1.13. The van der Waals surface area contributed by atoms with Crippen molar-refractivity contribution in [2.24, 2.45) is 0 Å². The Hall–Kier alpha value is -2.42. The van der Waals surface area contributed by atoms with Gasteiger partial charge in [0.15, 0.2) is 0 Å². The second kappa shape index (κ2) is 3.29. The smallest absolute Gasteiger partial charge is 0.123 e. The normalized spacial score (nSPS) is 11.6. The maximum atomic E-state index is 13.5. The van der Waals surface area contributed by atoms with Gasteiger partial charge in [0.25, 0.3) is 0 Å². The van der Waals surface area contributed by atoms with E-state index in [0.29, 0.717) is 0 Å². The zero-order chi connectivity index (χ0) is 12.1. The van der Waals surface area contributed by atoms with Crippen molar-refractivity contribution in [2.45, 2.75) is 0 Å². The Bertz CT molecular complexity index is 893. The van der Waals surface area contributed by atoms with Crippen molar-refractivity contribution in [1.29, 1.82) is 0 Å². The summed E-state index contributed by atoms with van der Waals surface area (Å²) in [5.41, 5.74) is 2.00. The Morgan fingerprint density at radius 1 is 0.833 bits per heavy atom. The van der Waals surface area contributed by atoms with Crippen molar-refractivity contribution in [2.75, 3.05) is 0 Å². The number of aromatic nitrogens is 2. The van der Waals surface area contributed by atoms with E-state index in [1.54, 1.807) is 12.3 Å². The number of hydrogen-bond donors (Lipinski definition) is 0. The average Bonchev–Trinajstić information content (AvgIpc) is 2.88. The van der Waals surface area contributed by atoms with Gasteiger partial charge in [0.05, 0.1) is 17.2 Å². The highest BCUT2D eigenvalue weighted by Gasteiger charge is 2.08. The van der Waals surface area contributed by atoms with E-state index in [0.717, 1.165) is 27.2 Å². The maximum Gasteiger partial charge on any atom is 0.123 e. The molecule has 0 unspecified atom stereocenters. The van der Waals surface area contributed by atoms with Crippen LogP contribution in [0.3, 0.4) is 0 Å². The van der Waals surface area contributed by atoms with Gasteiger partial charge in [-0.05, 0) is 35.7 Å². The number of benzene rings is 2. The summed E-state index contributed by atoms with van der Waals surface area (Å²) in [5.74, 6) is -0.212. The molecule has 86 valence electrons. The highest BCUT2D eigenvalue weighted by Crippen LogP contribution is 2.29. The predicted molar refractivity (Wildman–Crippen MR) is 70.2 cm³/mol. The minimum absolute atomic E-state index is 0.212. The van der Waals surface area contributed by atoms with Crippen molar-refractivity contribution in [3.8, 4) is 0 Å². The molecule has 0 saturated carbocycles. The van der Waals surface area contributed by atoms with E-state index in [1.807, 2.05) is 40.9 Å². The molecule has 3 heteroatoms. The first kappa shape index (κ1) is 9.59. The summed E-state index contributed by atoms with van der Waals surface area (Å²) in [6, 6.07) is 14.8. The summed E-state index contributed by atoms with van der Waals surface area (Å²) in [5, 5.41) is 7.31. The van der Waals surface area contributed by atoms with Crippen LogP contribution >= 0.6 is 0 Å². The van der Waals surface area contributed by atoms with Gasteiger partial charge in [0.1, 0.15) is 5.82 Å². The van der Waals surface area contributed by atoms with Gasteiger partial charge in [-0.3, -0.25) is 0 Å². The van der Waals surface area contributed by atoms with Crippen LogP contribution in [0.5, 0.6) is 0 Å². The molecule has 0 aliphatic rings. The van der Waals surface area contributed by atoms with Gasteiger partial charge in [-0.1, -0.05) is 18.2 Å². The fourth-order valence-electron chi connectivity index (χ4n) is 2.55. The molecule has 4 aromatic rings. The average molecular weight is 236 g/mol. The van der Waals surface area contributed by atoms with E-state index >= 15 is 0 Å². The van der Waals surface area contributed by atoms with E-state index in [-0.39, 0.29) is 5.82 Å². The largest absolute Gasteiger partial charge is 0.232 e. The summed E-state index contributed by atoms with van der Waals surface area (Å²) in [6.07, 6.45) is 1.77. The monoisotopic (exact) mass is 236 g/mol. The first-order valence-electron chi connectivity index (χ1n) is 5.78. The summed E-state index contributed by atoms with van der Waals surface area (Å²) < 4.78 is 15.4. The van der Waals surface area contributed by atoms with Gasteiger partial charge in [-0.25, -0.2) is 8.91 Å². The van der Waals surface area contributed by atoms with Crippen molar-refractivity contribution in [3.63, 3.8) is 0 Å². The van der Waals surface area contributed by atoms with Crippen LogP contribution in [0.15, 0.2) is 54.7 Å². The summed E-state index contributed by atoms with van der Waals surface area (Å²) in [7, 11) is 0. The lowest BCUT2D eigenvalue weighted by molar-refractivity contribution is 0.630. The van der Waals surface area contributed by atoms with Crippen molar-refractivity contribution >= 4 is 27.2 Å². The van der Waals surface area contributed by atoms with E-state index in [4.69, 9.17) is 0 Å². The fraction of sp³-hybridized carbons (Fsp3) is 0. The van der Waals surface area contributed by atoms with Crippen LogP contribution in [0.25, 0.3) is 27.2 Å². The van der Waals surface area contributed by atoms with Crippen molar-refractivity contribution in [3.05, 3.63) is 60.5 Å². The van der Waals surface area contributed by atoms with Crippen LogP contribution in [0, 0.1) is 5.82 Å². The molecule has 0 saturated heterocycles. The Kier molecular flexibility index (Phi) is 1.75. The van der Waals surface area contributed by atoms with Gasteiger partial charge in [-0.15, -0.1) is 0 Å². The van der Waals surface area contributed by atoms with Gasteiger partial charge in [0, 0.05) is 10.8 Å². The van der Waals surface area contributed by atoms with Gasteiger partial charge < -0.3 is 0 Å². The summed E-state index contributed by atoms with van der Waals surface area (Å²) >= 11 is 0. The van der Waals surface area contributed by atoms with Crippen LogP contribution in [-0.4, -0.2) is 9.61 Å². The predicted octanol–water partition coefficient (Wildman–Crippen LogP) is 3.78. The lowest BCUT2D eigenvalue weighted by atomic mass is 10.0. The molecule has 0 amide bonds. The van der Waals surface area contributed by atoms with Crippen LogP contribution in [0.1, 0.15) is 0 Å². The molecular formula is C15H9FN2. The number of rotatable bonds is 0. The van der Waals surface area contributed by atoms with Crippen LogP contribution in [-0.2, 0) is 0 Å². The second-order valence-electron chi connectivity index (χ2n) is 4.34. The van der Waals surface area contributed by atoms with Crippen LogP contribution in [0.4, 0.5) is 4.39 Å².